The summed E-state index contributed by atoms with van der Waals surface area (Å²) < 4.78 is 0. The van der Waals surface area contributed by atoms with Gasteiger partial charge in [0.05, 0.1) is 6.17 Å². The van der Waals surface area contributed by atoms with Crippen LogP contribution in [0.3, 0.4) is 0 Å². The van der Waals surface area contributed by atoms with Gasteiger partial charge in [0.2, 0.25) is 0 Å². The average Bonchev–Trinajstić information content (AvgIpc) is 2.50. The molecule has 3 nitrogen and oxygen atoms in total. The fraction of sp³-hybridized carbons (Fsp3) is 0.188. The van der Waals surface area contributed by atoms with E-state index in [1.165, 1.54) is 5.56 Å². The van der Waals surface area contributed by atoms with Crippen LogP contribution in [0.1, 0.15) is 23.5 Å². The van der Waals surface area contributed by atoms with Crippen molar-refractivity contribution in [1.82, 2.24) is 10.6 Å². The molecule has 0 spiro atoms. The average molecular weight is 253 g/mol. The molecular weight excluding hydrogens is 234 g/mol. The predicted octanol–water partition coefficient (Wildman–Crippen LogP) is 2.89. The Morgan fingerprint density at radius 1 is 0.895 bits per heavy atom. The van der Waals surface area contributed by atoms with Crippen LogP contribution in [0.15, 0.2) is 65.7 Å². The Balaban J connectivity index is 2.15. The van der Waals surface area contributed by atoms with Gasteiger partial charge in [0.1, 0.15) is 6.17 Å². The highest BCUT2D eigenvalue weighted by atomic mass is 15.2. The summed E-state index contributed by atoms with van der Waals surface area (Å²) in [5.74, 6) is 0. The van der Waals surface area contributed by atoms with Gasteiger partial charge in [-0.3, -0.25) is 10.3 Å². The fourth-order valence-corrected chi connectivity index (χ4v) is 2.04. The van der Waals surface area contributed by atoms with Crippen molar-refractivity contribution in [3.05, 3.63) is 71.8 Å². The van der Waals surface area contributed by atoms with Crippen LogP contribution in [0.4, 0.5) is 0 Å². The van der Waals surface area contributed by atoms with E-state index in [1.54, 1.807) is 0 Å². The summed E-state index contributed by atoms with van der Waals surface area (Å²) >= 11 is 0. The van der Waals surface area contributed by atoms with E-state index in [-0.39, 0.29) is 12.3 Å². The van der Waals surface area contributed by atoms with Gasteiger partial charge in [0.25, 0.3) is 0 Å². The minimum atomic E-state index is -0.126. The molecule has 3 heteroatoms. The van der Waals surface area contributed by atoms with Gasteiger partial charge >= 0.3 is 0 Å². The van der Waals surface area contributed by atoms with Gasteiger partial charge in [-0.15, -0.1) is 0 Å². The quantitative estimate of drug-likeness (QED) is 0.613. The third kappa shape index (κ3) is 3.50. The second kappa shape index (κ2) is 6.83. The lowest BCUT2D eigenvalue weighted by atomic mass is 10.1. The maximum atomic E-state index is 4.17. The second-order valence-corrected chi connectivity index (χ2v) is 4.29. The minimum absolute atomic E-state index is 0.0388. The molecule has 2 aromatic carbocycles. The Bertz CT molecular complexity index is 496. The first-order valence-corrected chi connectivity index (χ1v) is 6.34. The third-order valence-electron chi connectivity index (χ3n) is 3.04. The van der Waals surface area contributed by atoms with Gasteiger partial charge < -0.3 is 5.32 Å². The largest absolute Gasteiger partial charge is 0.301 e. The zero-order chi connectivity index (χ0) is 13.5. The molecule has 0 radical (unpaired) electrons. The smallest absolute Gasteiger partial charge is 0.126 e. The van der Waals surface area contributed by atoms with E-state index in [2.05, 4.69) is 34.5 Å². The maximum Gasteiger partial charge on any atom is 0.126 e. The van der Waals surface area contributed by atoms with Crippen LogP contribution in [0.5, 0.6) is 0 Å². The molecule has 0 saturated carbocycles. The van der Waals surface area contributed by atoms with Crippen LogP contribution < -0.4 is 10.6 Å². The third-order valence-corrected chi connectivity index (χ3v) is 3.04. The lowest BCUT2D eigenvalue weighted by Crippen LogP contribution is -2.34. The van der Waals surface area contributed by atoms with Crippen molar-refractivity contribution in [3.63, 3.8) is 0 Å². The standard InChI is InChI=1S/C16H19N3/c1-17-15(13-9-5-3-6-10-13)19-16(18-2)14-11-7-4-8-12-14/h3-12,15-16,18-19H,1H2,2H3. The van der Waals surface area contributed by atoms with Gasteiger partial charge in [0, 0.05) is 0 Å². The van der Waals surface area contributed by atoms with Crippen LogP contribution in [0.2, 0.25) is 0 Å². The first-order chi connectivity index (χ1) is 9.35. The predicted molar refractivity (Wildman–Crippen MR) is 80.1 cm³/mol. The highest BCUT2D eigenvalue weighted by molar-refractivity contribution is 5.29. The summed E-state index contributed by atoms with van der Waals surface area (Å²) in [7, 11) is 1.93. The van der Waals surface area contributed by atoms with Crippen LogP contribution in [0.25, 0.3) is 0 Å². The molecular formula is C16H19N3. The van der Waals surface area contributed by atoms with Crippen molar-refractivity contribution in [3.8, 4) is 0 Å². The van der Waals surface area contributed by atoms with Gasteiger partial charge in [-0.1, -0.05) is 60.7 Å². The molecule has 0 fully saturated rings. The van der Waals surface area contributed by atoms with Crippen LogP contribution in [-0.2, 0) is 0 Å². The number of rotatable bonds is 6. The maximum absolute atomic E-state index is 4.17. The van der Waals surface area contributed by atoms with E-state index < -0.39 is 0 Å². The summed E-state index contributed by atoms with van der Waals surface area (Å²) in [6.07, 6.45) is -0.0873. The topological polar surface area (TPSA) is 36.4 Å². The van der Waals surface area contributed by atoms with E-state index in [0.29, 0.717) is 0 Å². The lowest BCUT2D eigenvalue weighted by molar-refractivity contribution is 0.414. The highest BCUT2D eigenvalue weighted by Gasteiger charge is 2.14. The van der Waals surface area contributed by atoms with Crippen LogP contribution in [-0.4, -0.2) is 13.8 Å². The molecule has 0 aromatic heterocycles. The first kappa shape index (κ1) is 13.5. The Morgan fingerprint density at radius 3 is 1.89 bits per heavy atom. The van der Waals surface area contributed by atoms with Crippen LogP contribution in [0, 0.1) is 0 Å². The Kier molecular flexibility index (Phi) is 4.84. The molecule has 0 bridgehead atoms. The monoisotopic (exact) mass is 253 g/mol. The summed E-state index contributed by atoms with van der Waals surface area (Å²) in [5, 5.41) is 6.70. The SMILES string of the molecule is C=NC(NC(NC)c1ccccc1)c1ccccc1. The van der Waals surface area contributed by atoms with Crippen molar-refractivity contribution in [2.75, 3.05) is 7.05 Å². The fourth-order valence-electron chi connectivity index (χ4n) is 2.04. The lowest BCUT2D eigenvalue weighted by Gasteiger charge is -2.23. The molecule has 2 N–H and O–H groups in total. The zero-order valence-electron chi connectivity index (χ0n) is 11.1. The molecule has 2 unspecified atom stereocenters. The normalized spacial score (nSPS) is 13.7. The molecule has 98 valence electrons. The molecule has 0 amide bonds. The molecule has 0 aliphatic heterocycles. The molecule has 2 atom stereocenters. The highest BCUT2D eigenvalue weighted by Crippen LogP contribution is 2.18. The molecule has 0 saturated heterocycles. The summed E-state index contributed by atoms with van der Waals surface area (Å²) in [4.78, 5) is 4.17. The van der Waals surface area contributed by atoms with Crippen molar-refractivity contribution >= 4 is 6.72 Å². The Morgan fingerprint density at radius 2 is 1.42 bits per heavy atom. The summed E-state index contributed by atoms with van der Waals surface area (Å²) in [6, 6.07) is 20.3. The van der Waals surface area contributed by atoms with Gasteiger partial charge in [-0.25, -0.2) is 0 Å². The van der Waals surface area contributed by atoms with E-state index in [0.717, 1.165) is 5.56 Å². The zero-order valence-corrected chi connectivity index (χ0v) is 11.1. The number of aliphatic imine (C=N–C) groups is 1. The van der Waals surface area contributed by atoms with Gasteiger partial charge in [0.15, 0.2) is 0 Å². The Hall–Kier alpha value is -1.97. The van der Waals surface area contributed by atoms with Crippen molar-refractivity contribution in [1.29, 1.82) is 0 Å². The molecule has 2 rings (SSSR count). The number of nitrogens with one attached hydrogen (secondary N) is 2. The van der Waals surface area contributed by atoms with E-state index in [4.69, 9.17) is 0 Å². The Labute approximate surface area is 114 Å². The number of hydrogen-bond donors (Lipinski definition) is 2. The summed E-state index contributed by atoms with van der Waals surface area (Å²) in [5.41, 5.74) is 2.28. The number of nitrogens with zero attached hydrogens (tertiary/aromatic N) is 1. The number of benzene rings is 2. The van der Waals surface area contributed by atoms with Crippen LogP contribution >= 0.6 is 0 Å². The molecule has 2 aromatic rings. The van der Waals surface area contributed by atoms with Gasteiger partial charge in [-0.05, 0) is 24.9 Å². The molecule has 19 heavy (non-hydrogen) atoms. The summed E-state index contributed by atoms with van der Waals surface area (Å²) in [6.45, 7) is 3.68. The number of hydrogen-bond acceptors (Lipinski definition) is 3. The van der Waals surface area contributed by atoms with Crippen molar-refractivity contribution < 1.29 is 0 Å². The first-order valence-electron chi connectivity index (χ1n) is 6.34. The minimum Gasteiger partial charge on any atom is -0.301 e. The van der Waals surface area contributed by atoms with Crippen molar-refractivity contribution in [2.24, 2.45) is 4.99 Å². The molecule has 0 aliphatic rings. The van der Waals surface area contributed by atoms with E-state index in [9.17, 15) is 0 Å². The van der Waals surface area contributed by atoms with Gasteiger partial charge in [-0.2, -0.15) is 0 Å². The van der Waals surface area contributed by atoms with E-state index in [1.807, 2.05) is 55.6 Å². The molecule has 0 heterocycles. The second-order valence-electron chi connectivity index (χ2n) is 4.29. The molecule has 0 aliphatic carbocycles. The van der Waals surface area contributed by atoms with E-state index >= 15 is 0 Å². The van der Waals surface area contributed by atoms with Crippen molar-refractivity contribution in [2.45, 2.75) is 12.3 Å².